The highest BCUT2D eigenvalue weighted by molar-refractivity contribution is 6.10. The summed E-state index contributed by atoms with van der Waals surface area (Å²) in [4.78, 5) is 12.1. The van der Waals surface area contributed by atoms with Crippen molar-refractivity contribution in [2.75, 3.05) is 0 Å². The van der Waals surface area contributed by atoms with Crippen molar-refractivity contribution in [3.05, 3.63) is 59.2 Å². The number of hydrogen-bond donors (Lipinski definition) is 2. The number of phenols is 2. The Morgan fingerprint density at radius 1 is 1.06 bits per heavy atom. The Balaban J connectivity index is 2.35. The first kappa shape index (κ1) is 12.2. The highest BCUT2D eigenvalue weighted by Gasteiger charge is 2.13. The molecule has 18 heavy (non-hydrogen) atoms. The van der Waals surface area contributed by atoms with E-state index in [1.807, 2.05) is 19.1 Å². The number of benzene rings is 2. The van der Waals surface area contributed by atoms with Crippen LogP contribution in [0.15, 0.2) is 42.5 Å². The Morgan fingerprint density at radius 3 is 2.28 bits per heavy atom. The van der Waals surface area contributed by atoms with Crippen molar-refractivity contribution >= 4 is 5.78 Å². The SMILES string of the molecule is CCc1ccc(C(=O)c2ccc(O)cc2O)cc1. The molecule has 0 amide bonds. The fourth-order valence-corrected chi connectivity index (χ4v) is 1.76. The molecule has 0 radical (unpaired) electrons. The van der Waals surface area contributed by atoms with Crippen LogP contribution in [0.1, 0.15) is 28.4 Å². The van der Waals surface area contributed by atoms with Gasteiger partial charge in [-0.25, -0.2) is 0 Å². The van der Waals surface area contributed by atoms with Gasteiger partial charge in [-0.2, -0.15) is 0 Å². The van der Waals surface area contributed by atoms with E-state index in [0.717, 1.165) is 18.1 Å². The van der Waals surface area contributed by atoms with Gasteiger partial charge in [-0.3, -0.25) is 4.79 Å². The van der Waals surface area contributed by atoms with Crippen LogP contribution in [-0.4, -0.2) is 16.0 Å². The van der Waals surface area contributed by atoms with Gasteiger partial charge in [0.2, 0.25) is 0 Å². The summed E-state index contributed by atoms with van der Waals surface area (Å²) < 4.78 is 0. The molecule has 3 heteroatoms. The fraction of sp³-hybridized carbons (Fsp3) is 0.133. The standard InChI is InChI=1S/C15H14O3/c1-2-10-3-5-11(6-4-10)15(18)13-8-7-12(16)9-14(13)17/h3-9,16-17H,2H2,1H3. The molecule has 0 atom stereocenters. The molecule has 2 N–H and O–H groups in total. The summed E-state index contributed by atoms with van der Waals surface area (Å²) in [5.41, 5.74) is 1.87. The van der Waals surface area contributed by atoms with Crippen molar-refractivity contribution in [3.8, 4) is 11.5 Å². The second-order valence-corrected chi connectivity index (χ2v) is 4.08. The number of ketones is 1. The van der Waals surface area contributed by atoms with E-state index in [4.69, 9.17) is 0 Å². The van der Waals surface area contributed by atoms with Crippen LogP contribution >= 0.6 is 0 Å². The first-order valence-corrected chi connectivity index (χ1v) is 5.77. The molecule has 0 bridgehead atoms. The van der Waals surface area contributed by atoms with E-state index in [9.17, 15) is 15.0 Å². The van der Waals surface area contributed by atoms with Gasteiger partial charge < -0.3 is 10.2 Å². The van der Waals surface area contributed by atoms with Gasteiger partial charge in [0.25, 0.3) is 0 Å². The predicted octanol–water partition coefficient (Wildman–Crippen LogP) is 2.89. The number of aryl methyl sites for hydroxylation is 1. The van der Waals surface area contributed by atoms with Gasteiger partial charge in [0.15, 0.2) is 5.78 Å². The molecule has 2 aromatic carbocycles. The Bertz CT molecular complexity index is 571. The van der Waals surface area contributed by atoms with E-state index in [2.05, 4.69) is 0 Å². The van der Waals surface area contributed by atoms with Crippen LogP contribution in [0.5, 0.6) is 11.5 Å². The lowest BCUT2D eigenvalue weighted by Crippen LogP contribution is -2.01. The second-order valence-electron chi connectivity index (χ2n) is 4.08. The van der Waals surface area contributed by atoms with E-state index in [-0.39, 0.29) is 22.8 Å². The summed E-state index contributed by atoms with van der Waals surface area (Å²) in [6.45, 7) is 2.04. The normalized spacial score (nSPS) is 10.3. The summed E-state index contributed by atoms with van der Waals surface area (Å²) in [5, 5.41) is 18.8. The largest absolute Gasteiger partial charge is 0.508 e. The highest BCUT2D eigenvalue weighted by atomic mass is 16.3. The van der Waals surface area contributed by atoms with Gasteiger partial charge in [-0.1, -0.05) is 31.2 Å². The maximum atomic E-state index is 12.1. The fourth-order valence-electron chi connectivity index (χ4n) is 1.76. The average molecular weight is 242 g/mol. The van der Waals surface area contributed by atoms with E-state index in [1.54, 1.807) is 12.1 Å². The summed E-state index contributed by atoms with van der Waals surface area (Å²) >= 11 is 0. The Labute approximate surface area is 105 Å². The average Bonchev–Trinajstić information content (AvgIpc) is 2.38. The van der Waals surface area contributed by atoms with Gasteiger partial charge in [0, 0.05) is 11.6 Å². The number of phenolic OH excluding ortho intramolecular Hbond substituents is 2. The topological polar surface area (TPSA) is 57.5 Å². The molecule has 0 fully saturated rings. The number of carbonyl (C=O) groups excluding carboxylic acids is 1. The molecule has 3 nitrogen and oxygen atoms in total. The maximum absolute atomic E-state index is 12.1. The summed E-state index contributed by atoms with van der Waals surface area (Å²) in [6, 6.07) is 11.2. The summed E-state index contributed by atoms with van der Waals surface area (Å²) in [6.07, 6.45) is 0.916. The monoisotopic (exact) mass is 242 g/mol. The second kappa shape index (κ2) is 4.92. The van der Waals surface area contributed by atoms with Crippen molar-refractivity contribution in [2.24, 2.45) is 0 Å². The van der Waals surface area contributed by atoms with Crippen LogP contribution in [-0.2, 0) is 6.42 Å². The molecule has 92 valence electrons. The molecule has 0 aliphatic rings. The molecule has 0 unspecified atom stereocenters. The third-order valence-corrected chi connectivity index (χ3v) is 2.85. The zero-order valence-electron chi connectivity index (χ0n) is 10.1. The van der Waals surface area contributed by atoms with Gasteiger partial charge in [-0.05, 0) is 24.1 Å². The summed E-state index contributed by atoms with van der Waals surface area (Å²) in [5.74, 6) is -0.528. The molecule has 0 aliphatic heterocycles. The third-order valence-electron chi connectivity index (χ3n) is 2.85. The van der Waals surface area contributed by atoms with Crippen molar-refractivity contribution in [3.63, 3.8) is 0 Å². The van der Waals surface area contributed by atoms with Crippen LogP contribution in [0.3, 0.4) is 0 Å². The zero-order chi connectivity index (χ0) is 13.1. The van der Waals surface area contributed by atoms with Crippen LogP contribution in [0.4, 0.5) is 0 Å². The lowest BCUT2D eigenvalue weighted by molar-refractivity contribution is 0.103. The Kier molecular flexibility index (Phi) is 3.33. The van der Waals surface area contributed by atoms with Crippen LogP contribution in [0, 0.1) is 0 Å². The molecule has 2 rings (SSSR count). The minimum Gasteiger partial charge on any atom is -0.508 e. The molecular weight excluding hydrogens is 228 g/mol. The van der Waals surface area contributed by atoms with Gasteiger partial charge in [-0.15, -0.1) is 0 Å². The maximum Gasteiger partial charge on any atom is 0.196 e. The van der Waals surface area contributed by atoms with Crippen molar-refractivity contribution in [1.29, 1.82) is 0 Å². The first-order chi connectivity index (χ1) is 8.61. The Morgan fingerprint density at radius 2 is 1.72 bits per heavy atom. The van der Waals surface area contributed by atoms with E-state index in [1.165, 1.54) is 12.1 Å². The lowest BCUT2D eigenvalue weighted by atomic mass is 10.0. The van der Waals surface area contributed by atoms with Crippen molar-refractivity contribution in [2.45, 2.75) is 13.3 Å². The summed E-state index contributed by atoms with van der Waals surface area (Å²) in [7, 11) is 0. The quantitative estimate of drug-likeness (QED) is 0.814. The minimum atomic E-state index is -0.254. The smallest absolute Gasteiger partial charge is 0.196 e. The number of carbonyl (C=O) groups is 1. The van der Waals surface area contributed by atoms with Crippen molar-refractivity contribution < 1.29 is 15.0 Å². The zero-order valence-corrected chi connectivity index (χ0v) is 10.1. The van der Waals surface area contributed by atoms with Crippen LogP contribution in [0.2, 0.25) is 0 Å². The van der Waals surface area contributed by atoms with Crippen LogP contribution < -0.4 is 0 Å². The molecule has 0 spiro atoms. The molecule has 0 saturated heterocycles. The number of hydrogen-bond acceptors (Lipinski definition) is 3. The van der Waals surface area contributed by atoms with Gasteiger partial charge in [0.05, 0.1) is 5.56 Å². The van der Waals surface area contributed by atoms with E-state index < -0.39 is 0 Å². The van der Waals surface area contributed by atoms with Crippen LogP contribution in [0.25, 0.3) is 0 Å². The first-order valence-electron chi connectivity index (χ1n) is 5.77. The Hall–Kier alpha value is -2.29. The van der Waals surface area contributed by atoms with Crippen molar-refractivity contribution in [1.82, 2.24) is 0 Å². The lowest BCUT2D eigenvalue weighted by Gasteiger charge is -2.05. The molecule has 0 saturated carbocycles. The molecule has 0 aliphatic carbocycles. The molecule has 0 aromatic heterocycles. The highest BCUT2D eigenvalue weighted by Crippen LogP contribution is 2.25. The van der Waals surface area contributed by atoms with Gasteiger partial charge in [0.1, 0.15) is 11.5 Å². The molecular formula is C15H14O3. The van der Waals surface area contributed by atoms with E-state index in [0.29, 0.717) is 5.56 Å². The number of aromatic hydroxyl groups is 2. The molecule has 2 aromatic rings. The third kappa shape index (κ3) is 2.35. The van der Waals surface area contributed by atoms with Gasteiger partial charge >= 0.3 is 0 Å². The van der Waals surface area contributed by atoms with E-state index >= 15 is 0 Å². The molecule has 0 heterocycles. The minimum absolute atomic E-state index is 0.0645. The number of rotatable bonds is 3. The predicted molar refractivity (Wildman–Crippen MR) is 69.0 cm³/mol.